The highest BCUT2D eigenvalue weighted by atomic mass is 16.6. The van der Waals surface area contributed by atoms with E-state index >= 15 is 0 Å². The fourth-order valence-electron chi connectivity index (χ4n) is 9.07. The molecule has 0 radical (unpaired) electrons. The highest BCUT2D eigenvalue weighted by Crippen LogP contribution is 2.16. The van der Waals surface area contributed by atoms with Gasteiger partial charge in [0.1, 0.15) is 13.2 Å². The number of esters is 3. The average Bonchev–Trinajstić information content (AvgIpc) is 3.45. The van der Waals surface area contributed by atoms with Gasteiger partial charge in [-0.25, -0.2) is 0 Å². The fourth-order valence-corrected chi connectivity index (χ4v) is 9.07. The molecule has 79 heavy (non-hydrogen) atoms. The summed E-state index contributed by atoms with van der Waals surface area (Å²) < 4.78 is 16.8. The van der Waals surface area contributed by atoms with Crippen LogP contribution in [0.4, 0.5) is 0 Å². The Labute approximate surface area is 488 Å². The molecule has 450 valence electrons. The summed E-state index contributed by atoms with van der Waals surface area (Å²) in [5.74, 6) is -1.01. The summed E-state index contributed by atoms with van der Waals surface area (Å²) in [6.45, 7) is 6.33. The Balaban J connectivity index is 4.20. The maximum Gasteiger partial charge on any atom is 0.306 e. The third kappa shape index (κ3) is 64.5. The monoisotopic (exact) mass is 1090 g/mol. The Bertz CT molecular complexity index is 1640. The highest BCUT2D eigenvalue weighted by Gasteiger charge is 2.19. The normalized spacial score (nSPS) is 12.9. The maximum atomic E-state index is 12.9. The van der Waals surface area contributed by atoms with Crippen LogP contribution in [0, 0.1) is 0 Å². The smallest absolute Gasteiger partial charge is 0.306 e. The van der Waals surface area contributed by atoms with E-state index in [4.69, 9.17) is 14.2 Å². The van der Waals surface area contributed by atoms with E-state index in [0.29, 0.717) is 19.3 Å². The van der Waals surface area contributed by atoms with Gasteiger partial charge in [0, 0.05) is 19.3 Å². The van der Waals surface area contributed by atoms with Crippen LogP contribution in [0.3, 0.4) is 0 Å². The van der Waals surface area contributed by atoms with Gasteiger partial charge in [-0.15, -0.1) is 0 Å². The predicted octanol–water partition coefficient (Wildman–Crippen LogP) is 22.8. The first-order chi connectivity index (χ1) is 39.0. The summed E-state index contributed by atoms with van der Waals surface area (Å²) in [6, 6.07) is 0. The molecule has 0 aromatic rings. The number of hydrogen-bond acceptors (Lipinski definition) is 6. The van der Waals surface area contributed by atoms with Crippen LogP contribution < -0.4 is 0 Å². The molecule has 0 saturated carbocycles. The van der Waals surface area contributed by atoms with E-state index < -0.39 is 6.10 Å². The van der Waals surface area contributed by atoms with Crippen LogP contribution in [-0.2, 0) is 28.6 Å². The Morgan fingerprint density at radius 3 is 0.848 bits per heavy atom. The number of rotatable bonds is 59. The van der Waals surface area contributed by atoms with E-state index in [1.807, 2.05) is 6.08 Å². The second-order valence-electron chi connectivity index (χ2n) is 21.6. The molecule has 0 aromatic heterocycles. The van der Waals surface area contributed by atoms with Gasteiger partial charge in [-0.05, 0) is 116 Å². The lowest BCUT2D eigenvalue weighted by Gasteiger charge is -2.18. The zero-order valence-electron chi connectivity index (χ0n) is 51.6. The molecule has 6 heteroatoms. The molecule has 0 amide bonds. The summed E-state index contributed by atoms with van der Waals surface area (Å²) in [4.78, 5) is 38.2. The molecule has 0 aliphatic carbocycles. The van der Waals surface area contributed by atoms with Gasteiger partial charge in [0.05, 0.1) is 0 Å². The fraction of sp³-hybridized carbons (Fsp3) is 0.685. The van der Waals surface area contributed by atoms with Crippen molar-refractivity contribution in [3.05, 3.63) is 122 Å². The third-order valence-corrected chi connectivity index (χ3v) is 13.9. The average molecular weight is 1100 g/mol. The van der Waals surface area contributed by atoms with Gasteiger partial charge in [-0.1, -0.05) is 290 Å². The number of ether oxygens (including phenoxy) is 3. The molecule has 0 aliphatic rings. The maximum absolute atomic E-state index is 12.9. The van der Waals surface area contributed by atoms with Gasteiger partial charge in [-0.2, -0.15) is 0 Å². The van der Waals surface area contributed by atoms with E-state index in [1.165, 1.54) is 141 Å². The summed E-state index contributed by atoms with van der Waals surface area (Å²) >= 11 is 0. The van der Waals surface area contributed by atoms with Crippen LogP contribution in [-0.4, -0.2) is 37.2 Å². The van der Waals surface area contributed by atoms with E-state index in [1.54, 1.807) is 0 Å². The number of hydrogen-bond donors (Lipinski definition) is 0. The third-order valence-electron chi connectivity index (χ3n) is 13.9. The Morgan fingerprint density at radius 2 is 0.519 bits per heavy atom. The van der Waals surface area contributed by atoms with E-state index in [-0.39, 0.29) is 37.5 Å². The van der Waals surface area contributed by atoms with E-state index in [9.17, 15) is 14.4 Å². The number of unbranched alkanes of at least 4 members (excludes halogenated alkanes) is 28. The van der Waals surface area contributed by atoms with Crippen molar-refractivity contribution >= 4 is 17.9 Å². The van der Waals surface area contributed by atoms with Crippen molar-refractivity contribution in [2.75, 3.05) is 13.2 Å². The quantitative estimate of drug-likeness (QED) is 0.0261. The topological polar surface area (TPSA) is 78.9 Å². The molecule has 0 heterocycles. The second-order valence-corrected chi connectivity index (χ2v) is 21.6. The van der Waals surface area contributed by atoms with Gasteiger partial charge in [0.2, 0.25) is 0 Å². The minimum atomic E-state index is -0.818. The first kappa shape index (κ1) is 74.8. The van der Waals surface area contributed by atoms with Crippen molar-refractivity contribution in [3.8, 4) is 0 Å². The predicted molar refractivity (Wildman–Crippen MR) is 343 cm³/mol. The molecule has 0 aliphatic heterocycles. The molecule has 1 unspecified atom stereocenters. The van der Waals surface area contributed by atoms with Crippen molar-refractivity contribution in [1.82, 2.24) is 0 Å². The molecule has 6 nitrogen and oxygen atoms in total. The Hall–Kier alpha value is -4.19. The Kier molecular flexibility index (Phi) is 62.8. The van der Waals surface area contributed by atoms with Crippen LogP contribution in [0.2, 0.25) is 0 Å². The molecule has 0 aromatic carbocycles. The summed E-state index contributed by atoms with van der Waals surface area (Å²) in [6.07, 6.45) is 92.5. The molecule has 0 rings (SSSR count). The Morgan fingerprint density at radius 1 is 0.266 bits per heavy atom. The van der Waals surface area contributed by atoms with Crippen LogP contribution in [0.5, 0.6) is 0 Å². The molecular formula is C73H122O6. The standard InChI is InChI=1S/C73H122O6/c1-4-7-10-13-16-19-22-25-27-28-29-30-31-32-33-34-35-36-37-38-39-40-41-42-43-44-46-48-51-54-57-60-63-66-72(75)78-69-70(68-77-71(74)65-62-59-56-53-50-47-24-21-18-15-12-9-6-3)79-73(76)67-64-61-58-55-52-49-45-26-23-20-17-14-11-8-5-2/h8-9,11-12,17-18,20-22,25-26,28-29,31-32,45,47,50,56,59,70H,4-7,10,13-16,19,23-24,27,30,33-44,46,48-49,51-55,57-58,60-69H2,1-3H3/b11-8-,12-9-,20-17-,21-18-,25-22-,29-28-,32-31-,45-26-,50-47-,59-56-. The van der Waals surface area contributed by atoms with Crippen molar-refractivity contribution in [1.29, 1.82) is 0 Å². The minimum Gasteiger partial charge on any atom is -0.462 e. The van der Waals surface area contributed by atoms with E-state index in [2.05, 4.69) is 136 Å². The second kappa shape index (κ2) is 66.3. The first-order valence-electron chi connectivity index (χ1n) is 33.0. The van der Waals surface area contributed by atoms with E-state index in [0.717, 1.165) is 116 Å². The molecule has 0 N–H and O–H groups in total. The van der Waals surface area contributed by atoms with Gasteiger partial charge in [0.25, 0.3) is 0 Å². The number of carbonyl (C=O) groups is 3. The summed E-state index contributed by atoms with van der Waals surface area (Å²) in [5.41, 5.74) is 0. The SMILES string of the molecule is CC/C=C\C/C=C\C/C=C\C/C=C\CCC(=O)OCC(COC(=O)CCCCCCCCCCCCCCCCCCCC/C=C\C/C=C\C/C=C\CCCCCCC)OC(=O)CCCCCCC/C=C\C/C=C\C/C=C\CC. The highest BCUT2D eigenvalue weighted by molar-refractivity contribution is 5.71. The van der Waals surface area contributed by atoms with Crippen molar-refractivity contribution in [2.45, 2.75) is 309 Å². The molecule has 1 atom stereocenters. The van der Waals surface area contributed by atoms with Gasteiger partial charge in [0.15, 0.2) is 6.10 Å². The minimum absolute atomic E-state index is 0.108. The zero-order valence-corrected chi connectivity index (χ0v) is 51.6. The van der Waals surface area contributed by atoms with Crippen molar-refractivity contribution in [2.24, 2.45) is 0 Å². The lowest BCUT2D eigenvalue weighted by Crippen LogP contribution is -2.30. The lowest BCUT2D eigenvalue weighted by atomic mass is 10.0. The molecule has 0 bridgehead atoms. The number of allylic oxidation sites excluding steroid dienone is 20. The van der Waals surface area contributed by atoms with Gasteiger partial charge >= 0.3 is 17.9 Å². The summed E-state index contributed by atoms with van der Waals surface area (Å²) in [7, 11) is 0. The zero-order chi connectivity index (χ0) is 57.1. The van der Waals surface area contributed by atoms with Crippen molar-refractivity contribution < 1.29 is 28.6 Å². The van der Waals surface area contributed by atoms with Crippen LogP contribution in [0.25, 0.3) is 0 Å². The lowest BCUT2D eigenvalue weighted by molar-refractivity contribution is -0.166. The van der Waals surface area contributed by atoms with Gasteiger partial charge in [-0.3, -0.25) is 14.4 Å². The molecule has 0 fully saturated rings. The van der Waals surface area contributed by atoms with Crippen molar-refractivity contribution in [3.63, 3.8) is 0 Å². The van der Waals surface area contributed by atoms with Crippen LogP contribution >= 0.6 is 0 Å². The first-order valence-corrected chi connectivity index (χ1v) is 33.0. The number of carbonyl (C=O) groups excluding carboxylic acids is 3. The van der Waals surface area contributed by atoms with Gasteiger partial charge < -0.3 is 14.2 Å². The molecular weight excluding hydrogens is 973 g/mol. The van der Waals surface area contributed by atoms with Crippen LogP contribution in [0.1, 0.15) is 303 Å². The summed E-state index contributed by atoms with van der Waals surface area (Å²) in [5, 5.41) is 0. The molecule has 0 saturated heterocycles. The molecule has 0 spiro atoms. The largest absolute Gasteiger partial charge is 0.462 e. The van der Waals surface area contributed by atoms with Crippen LogP contribution in [0.15, 0.2) is 122 Å².